The zero-order chi connectivity index (χ0) is 14.3. The SMILES string of the molecule is CCOc1cccc([C@@H](C)NC(=O)N[C@H](C)CC)c1. The summed E-state index contributed by atoms with van der Waals surface area (Å²) < 4.78 is 5.46. The van der Waals surface area contributed by atoms with E-state index in [-0.39, 0.29) is 18.1 Å². The predicted octanol–water partition coefficient (Wildman–Crippen LogP) is 3.24. The highest BCUT2D eigenvalue weighted by molar-refractivity contribution is 5.74. The van der Waals surface area contributed by atoms with Gasteiger partial charge in [0.05, 0.1) is 12.6 Å². The van der Waals surface area contributed by atoms with Crippen molar-refractivity contribution in [2.75, 3.05) is 6.61 Å². The van der Waals surface area contributed by atoms with Crippen LogP contribution in [0.25, 0.3) is 0 Å². The van der Waals surface area contributed by atoms with Crippen LogP contribution < -0.4 is 15.4 Å². The van der Waals surface area contributed by atoms with E-state index in [1.165, 1.54) is 0 Å². The molecule has 0 spiro atoms. The lowest BCUT2D eigenvalue weighted by atomic mass is 10.1. The molecule has 0 aliphatic carbocycles. The molecule has 0 heterocycles. The van der Waals surface area contributed by atoms with E-state index in [4.69, 9.17) is 4.74 Å². The van der Waals surface area contributed by atoms with Crippen LogP contribution in [0.2, 0.25) is 0 Å². The molecule has 0 aliphatic rings. The Bertz CT molecular complexity index is 407. The van der Waals surface area contributed by atoms with Gasteiger partial charge in [-0.3, -0.25) is 0 Å². The summed E-state index contributed by atoms with van der Waals surface area (Å²) in [6.07, 6.45) is 0.918. The maximum atomic E-state index is 11.8. The van der Waals surface area contributed by atoms with Crippen molar-refractivity contribution in [1.29, 1.82) is 0 Å². The predicted molar refractivity (Wildman–Crippen MR) is 77.4 cm³/mol. The second-order valence-corrected chi connectivity index (χ2v) is 4.65. The van der Waals surface area contributed by atoms with Gasteiger partial charge in [0.15, 0.2) is 0 Å². The zero-order valence-corrected chi connectivity index (χ0v) is 12.2. The van der Waals surface area contributed by atoms with Gasteiger partial charge in [-0.25, -0.2) is 4.79 Å². The van der Waals surface area contributed by atoms with Gasteiger partial charge in [0, 0.05) is 6.04 Å². The smallest absolute Gasteiger partial charge is 0.315 e. The molecule has 1 aromatic rings. The number of urea groups is 1. The van der Waals surface area contributed by atoms with Crippen LogP contribution in [0, 0.1) is 0 Å². The molecule has 19 heavy (non-hydrogen) atoms. The van der Waals surface area contributed by atoms with Crippen LogP contribution in [-0.2, 0) is 0 Å². The van der Waals surface area contributed by atoms with Gasteiger partial charge in [0.1, 0.15) is 5.75 Å². The monoisotopic (exact) mass is 264 g/mol. The first-order valence-corrected chi connectivity index (χ1v) is 6.86. The van der Waals surface area contributed by atoms with Crippen molar-refractivity contribution in [3.05, 3.63) is 29.8 Å². The molecular weight excluding hydrogens is 240 g/mol. The van der Waals surface area contributed by atoms with Gasteiger partial charge in [-0.1, -0.05) is 19.1 Å². The Kier molecular flexibility index (Phi) is 6.19. The molecule has 0 aromatic heterocycles. The lowest BCUT2D eigenvalue weighted by molar-refractivity contribution is 0.234. The molecule has 0 fully saturated rings. The van der Waals surface area contributed by atoms with Gasteiger partial charge in [-0.05, 0) is 44.9 Å². The quantitative estimate of drug-likeness (QED) is 0.828. The van der Waals surface area contributed by atoms with Crippen molar-refractivity contribution in [3.8, 4) is 5.75 Å². The first kappa shape index (κ1) is 15.3. The minimum absolute atomic E-state index is 0.0514. The van der Waals surface area contributed by atoms with E-state index in [9.17, 15) is 4.79 Å². The highest BCUT2D eigenvalue weighted by Crippen LogP contribution is 2.19. The molecular formula is C15H24N2O2. The highest BCUT2D eigenvalue weighted by atomic mass is 16.5. The molecule has 0 saturated heterocycles. The fraction of sp³-hybridized carbons (Fsp3) is 0.533. The van der Waals surface area contributed by atoms with Crippen molar-refractivity contribution in [1.82, 2.24) is 10.6 Å². The summed E-state index contributed by atoms with van der Waals surface area (Å²) in [5.41, 5.74) is 1.03. The molecule has 0 radical (unpaired) electrons. The van der Waals surface area contributed by atoms with Crippen LogP contribution in [0.3, 0.4) is 0 Å². The van der Waals surface area contributed by atoms with Gasteiger partial charge in [0.25, 0.3) is 0 Å². The first-order chi connectivity index (χ1) is 9.06. The third kappa shape index (κ3) is 5.20. The number of hydrogen-bond acceptors (Lipinski definition) is 2. The Balaban J connectivity index is 2.59. The van der Waals surface area contributed by atoms with Crippen molar-refractivity contribution in [2.45, 2.75) is 46.2 Å². The number of hydrogen-bond donors (Lipinski definition) is 2. The van der Waals surface area contributed by atoms with Crippen molar-refractivity contribution >= 4 is 6.03 Å². The summed E-state index contributed by atoms with van der Waals surface area (Å²) in [5, 5.41) is 5.81. The third-order valence-corrected chi connectivity index (χ3v) is 3.01. The standard InChI is InChI=1S/C15H24N2O2/c1-5-11(3)16-15(18)17-12(4)13-8-7-9-14(10-13)19-6-2/h7-12H,5-6H2,1-4H3,(H2,16,17,18)/t11-,12-/m1/s1. The number of benzene rings is 1. The van der Waals surface area contributed by atoms with E-state index in [1.807, 2.05) is 52.0 Å². The van der Waals surface area contributed by atoms with Gasteiger partial charge in [0.2, 0.25) is 0 Å². The Hall–Kier alpha value is -1.71. The minimum atomic E-state index is -0.135. The van der Waals surface area contributed by atoms with Crippen LogP contribution in [0.1, 0.15) is 45.7 Å². The lowest BCUT2D eigenvalue weighted by Gasteiger charge is -2.18. The van der Waals surface area contributed by atoms with Crippen LogP contribution in [0.4, 0.5) is 4.79 Å². The Labute approximate surface area is 115 Å². The fourth-order valence-corrected chi connectivity index (χ4v) is 1.69. The molecule has 4 nitrogen and oxygen atoms in total. The summed E-state index contributed by atoms with van der Waals surface area (Å²) in [5.74, 6) is 0.830. The summed E-state index contributed by atoms with van der Waals surface area (Å²) in [6.45, 7) is 8.58. The summed E-state index contributed by atoms with van der Waals surface area (Å²) in [7, 11) is 0. The molecule has 2 amide bonds. The molecule has 0 bridgehead atoms. The fourth-order valence-electron chi connectivity index (χ4n) is 1.69. The number of carbonyl (C=O) groups is 1. The molecule has 0 saturated carbocycles. The van der Waals surface area contributed by atoms with Crippen molar-refractivity contribution in [3.63, 3.8) is 0 Å². The molecule has 2 atom stereocenters. The molecule has 0 unspecified atom stereocenters. The number of ether oxygens (including phenoxy) is 1. The van der Waals surface area contributed by atoms with Gasteiger partial charge in [-0.2, -0.15) is 0 Å². The number of amides is 2. The second kappa shape index (κ2) is 7.67. The molecule has 0 aliphatic heterocycles. The highest BCUT2D eigenvalue weighted by Gasteiger charge is 2.11. The van der Waals surface area contributed by atoms with Crippen LogP contribution in [0.5, 0.6) is 5.75 Å². The molecule has 106 valence electrons. The summed E-state index contributed by atoms with van der Waals surface area (Å²) >= 11 is 0. The molecule has 1 rings (SSSR count). The van der Waals surface area contributed by atoms with E-state index >= 15 is 0 Å². The average molecular weight is 264 g/mol. The van der Waals surface area contributed by atoms with Crippen LogP contribution in [0.15, 0.2) is 24.3 Å². The molecule has 1 aromatic carbocycles. The van der Waals surface area contributed by atoms with Gasteiger partial charge < -0.3 is 15.4 Å². The average Bonchev–Trinajstić information content (AvgIpc) is 2.39. The lowest BCUT2D eigenvalue weighted by Crippen LogP contribution is -2.41. The zero-order valence-electron chi connectivity index (χ0n) is 12.2. The Morgan fingerprint density at radius 2 is 2.00 bits per heavy atom. The maximum absolute atomic E-state index is 11.8. The van der Waals surface area contributed by atoms with Crippen LogP contribution in [-0.4, -0.2) is 18.7 Å². The minimum Gasteiger partial charge on any atom is -0.494 e. The van der Waals surface area contributed by atoms with E-state index in [1.54, 1.807) is 0 Å². The van der Waals surface area contributed by atoms with Gasteiger partial charge in [-0.15, -0.1) is 0 Å². The number of carbonyl (C=O) groups excluding carboxylic acids is 1. The first-order valence-electron chi connectivity index (χ1n) is 6.86. The van der Waals surface area contributed by atoms with E-state index < -0.39 is 0 Å². The van der Waals surface area contributed by atoms with E-state index in [0.29, 0.717) is 6.61 Å². The van der Waals surface area contributed by atoms with Crippen molar-refractivity contribution in [2.24, 2.45) is 0 Å². The van der Waals surface area contributed by atoms with E-state index in [2.05, 4.69) is 10.6 Å². The second-order valence-electron chi connectivity index (χ2n) is 4.65. The maximum Gasteiger partial charge on any atom is 0.315 e. The topological polar surface area (TPSA) is 50.4 Å². The van der Waals surface area contributed by atoms with Crippen LogP contribution >= 0.6 is 0 Å². The summed E-state index contributed by atoms with van der Waals surface area (Å²) in [4.78, 5) is 11.8. The Morgan fingerprint density at radius 3 is 2.63 bits per heavy atom. The largest absolute Gasteiger partial charge is 0.494 e. The molecule has 2 N–H and O–H groups in total. The summed E-state index contributed by atoms with van der Waals surface area (Å²) in [6, 6.07) is 7.79. The van der Waals surface area contributed by atoms with E-state index in [0.717, 1.165) is 17.7 Å². The molecule has 4 heteroatoms. The van der Waals surface area contributed by atoms with Crippen molar-refractivity contribution < 1.29 is 9.53 Å². The number of rotatable bonds is 6. The Morgan fingerprint density at radius 1 is 1.26 bits per heavy atom. The number of nitrogens with one attached hydrogen (secondary N) is 2. The third-order valence-electron chi connectivity index (χ3n) is 3.01. The normalized spacial score (nSPS) is 13.5. The van der Waals surface area contributed by atoms with Gasteiger partial charge >= 0.3 is 6.03 Å².